The van der Waals surface area contributed by atoms with Crippen LogP contribution in [0.15, 0.2) is 23.1 Å². The molecule has 0 saturated carbocycles. The van der Waals surface area contributed by atoms with Gasteiger partial charge in [-0.05, 0) is 31.0 Å². The van der Waals surface area contributed by atoms with Gasteiger partial charge in [0, 0.05) is 13.1 Å². The maximum absolute atomic E-state index is 12.4. The van der Waals surface area contributed by atoms with E-state index in [4.69, 9.17) is 4.74 Å². The molecule has 1 unspecified atom stereocenters. The van der Waals surface area contributed by atoms with Gasteiger partial charge in [0.05, 0.1) is 17.1 Å². The highest BCUT2D eigenvalue weighted by Gasteiger charge is 2.28. The lowest BCUT2D eigenvalue weighted by Gasteiger charge is -2.25. The minimum Gasteiger partial charge on any atom is -0.479 e. The minimum absolute atomic E-state index is 0.263. The summed E-state index contributed by atoms with van der Waals surface area (Å²) < 4.78 is 31.8. The Labute approximate surface area is 117 Å². The fraction of sp³-hybridized carbons (Fsp3) is 0.462. The predicted molar refractivity (Wildman–Crippen MR) is 73.4 cm³/mol. The monoisotopic (exact) mass is 296 g/mol. The molecule has 0 bridgehead atoms. The summed E-state index contributed by atoms with van der Waals surface area (Å²) in [5, 5.41) is 3.03. The van der Waals surface area contributed by atoms with Gasteiger partial charge >= 0.3 is 0 Å². The predicted octanol–water partition coefficient (Wildman–Crippen LogP) is 0.843. The second-order valence-corrected chi connectivity index (χ2v) is 6.88. The van der Waals surface area contributed by atoms with Gasteiger partial charge in [-0.25, -0.2) is 8.42 Å². The van der Waals surface area contributed by atoms with Crippen molar-refractivity contribution in [1.29, 1.82) is 0 Å². The Bertz CT molecular complexity index is 623. The van der Waals surface area contributed by atoms with Crippen LogP contribution in [0.4, 0.5) is 5.69 Å². The Hall–Kier alpha value is -1.60. The van der Waals surface area contributed by atoms with Crippen LogP contribution in [0.2, 0.25) is 0 Å². The molecule has 1 N–H and O–H groups in total. The topological polar surface area (TPSA) is 75.7 Å². The molecule has 3 rings (SSSR count). The quantitative estimate of drug-likeness (QED) is 0.837. The van der Waals surface area contributed by atoms with Gasteiger partial charge in [0.25, 0.3) is 0 Å². The molecule has 1 aromatic carbocycles. The zero-order valence-corrected chi connectivity index (χ0v) is 11.7. The molecule has 20 heavy (non-hydrogen) atoms. The summed E-state index contributed by atoms with van der Waals surface area (Å²) in [4.78, 5) is 11.0. The van der Waals surface area contributed by atoms with E-state index in [0.717, 1.165) is 19.1 Å². The Morgan fingerprint density at radius 3 is 2.75 bits per heavy atom. The third-order valence-electron chi connectivity index (χ3n) is 3.58. The molecule has 1 aromatic rings. The molecule has 1 saturated heterocycles. The molecule has 0 radical (unpaired) electrons. The van der Waals surface area contributed by atoms with Gasteiger partial charge in [0.2, 0.25) is 10.0 Å². The number of nitrogens with one attached hydrogen (secondary N) is 1. The van der Waals surface area contributed by atoms with Crippen LogP contribution in [0.1, 0.15) is 12.8 Å². The molecule has 0 spiro atoms. The van der Waals surface area contributed by atoms with Gasteiger partial charge in [0.1, 0.15) is 5.75 Å². The first-order valence-electron chi connectivity index (χ1n) is 6.61. The van der Waals surface area contributed by atoms with Crippen molar-refractivity contribution in [2.24, 2.45) is 0 Å². The van der Waals surface area contributed by atoms with Crippen LogP contribution in [0.3, 0.4) is 0 Å². The number of fused-ring (bicyclic) bond motifs is 1. The first-order chi connectivity index (χ1) is 9.61. The van der Waals surface area contributed by atoms with E-state index in [1.807, 2.05) is 0 Å². The average molecular weight is 296 g/mol. The highest BCUT2D eigenvalue weighted by Crippen LogP contribution is 2.32. The zero-order chi connectivity index (χ0) is 14.2. The molecule has 2 aliphatic heterocycles. The molecule has 6 nitrogen and oxygen atoms in total. The number of nitrogens with zero attached hydrogens (tertiary/aromatic N) is 1. The van der Waals surface area contributed by atoms with E-state index in [1.165, 1.54) is 10.4 Å². The van der Waals surface area contributed by atoms with E-state index in [1.54, 1.807) is 12.1 Å². The Balaban J connectivity index is 1.91. The van der Waals surface area contributed by atoms with E-state index in [0.29, 0.717) is 31.1 Å². The molecule has 0 amide bonds. The van der Waals surface area contributed by atoms with E-state index in [-0.39, 0.29) is 4.90 Å². The van der Waals surface area contributed by atoms with Crippen LogP contribution < -0.4 is 10.1 Å². The maximum Gasteiger partial charge on any atom is 0.243 e. The minimum atomic E-state index is -3.42. The summed E-state index contributed by atoms with van der Waals surface area (Å²) in [7, 11) is -3.42. The molecule has 2 aliphatic rings. The fourth-order valence-electron chi connectivity index (χ4n) is 2.48. The number of sulfonamides is 1. The van der Waals surface area contributed by atoms with Crippen molar-refractivity contribution in [3.05, 3.63) is 18.2 Å². The molecule has 0 aromatic heterocycles. The smallest absolute Gasteiger partial charge is 0.243 e. The molecule has 108 valence electrons. The summed E-state index contributed by atoms with van der Waals surface area (Å²) in [6.07, 6.45) is 2.02. The van der Waals surface area contributed by atoms with E-state index < -0.39 is 16.1 Å². The van der Waals surface area contributed by atoms with Gasteiger partial charge in [-0.1, -0.05) is 0 Å². The van der Waals surface area contributed by atoms with Crippen molar-refractivity contribution < 1.29 is 17.9 Å². The van der Waals surface area contributed by atoms with Crippen LogP contribution in [0, 0.1) is 0 Å². The first-order valence-corrected chi connectivity index (χ1v) is 8.05. The average Bonchev–Trinajstić information content (AvgIpc) is 3.01. The third kappa shape index (κ3) is 2.27. The van der Waals surface area contributed by atoms with Crippen LogP contribution in [-0.4, -0.2) is 44.7 Å². The number of hydrogen-bond acceptors (Lipinski definition) is 5. The van der Waals surface area contributed by atoms with Crippen LogP contribution in [-0.2, 0) is 14.8 Å². The number of anilines is 1. The number of ether oxygens (including phenoxy) is 1. The van der Waals surface area contributed by atoms with Crippen LogP contribution in [0.5, 0.6) is 5.75 Å². The lowest BCUT2D eigenvalue weighted by molar-refractivity contribution is -0.113. The van der Waals surface area contributed by atoms with Gasteiger partial charge in [-0.3, -0.25) is 4.79 Å². The van der Waals surface area contributed by atoms with E-state index in [2.05, 4.69) is 5.32 Å². The zero-order valence-electron chi connectivity index (χ0n) is 10.9. The van der Waals surface area contributed by atoms with Crippen molar-refractivity contribution in [3.8, 4) is 5.75 Å². The Morgan fingerprint density at radius 2 is 2.05 bits per heavy atom. The number of carbonyl (C=O) groups is 1. The first kappa shape index (κ1) is 13.4. The Morgan fingerprint density at radius 1 is 1.30 bits per heavy atom. The maximum atomic E-state index is 12.4. The molecule has 0 aliphatic carbocycles. The van der Waals surface area contributed by atoms with Crippen molar-refractivity contribution in [1.82, 2.24) is 4.31 Å². The highest BCUT2D eigenvalue weighted by molar-refractivity contribution is 7.89. The second kappa shape index (κ2) is 5.06. The number of aldehydes is 1. The molecule has 7 heteroatoms. The Kier molecular flexibility index (Phi) is 3.39. The summed E-state index contributed by atoms with van der Waals surface area (Å²) in [6, 6.07) is 4.70. The lowest BCUT2D eigenvalue weighted by atomic mass is 10.2. The fourth-order valence-corrected chi connectivity index (χ4v) is 4.02. The van der Waals surface area contributed by atoms with Crippen molar-refractivity contribution in [3.63, 3.8) is 0 Å². The van der Waals surface area contributed by atoms with Crippen molar-refractivity contribution in [2.75, 3.05) is 25.0 Å². The molecule has 1 fully saturated rings. The standard InChI is InChI=1S/C13H16N2O4S/c16-9-10-8-14-12-7-11(3-4-13(12)19-10)20(17,18)15-5-1-2-6-15/h3-4,7,9-10,14H,1-2,5-6,8H2. The van der Waals surface area contributed by atoms with E-state index >= 15 is 0 Å². The third-order valence-corrected chi connectivity index (χ3v) is 5.47. The van der Waals surface area contributed by atoms with Gasteiger partial charge in [-0.2, -0.15) is 4.31 Å². The number of carbonyl (C=O) groups excluding carboxylic acids is 1. The van der Waals surface area contributed by atoms with Crippen LogP contribution >= 0.6 is 0 Å². The number of hydrogen-bond donors (Lipinski definition) is 1. The summed E-state index contributed by atoms with van der Waals surface area (Å²) in [6.45, 7) is 1.51. The van der Waals surface area contributed by atoms with Gasteiger partial charge in [-0.15, -0.1) is 0 Å². The number of benzene rings is 1. The van der Waals surface area contributed by atoms with Crippen molar-refractivity contribution >= 4 is 22.0 Å². The summed E-state index contributed by atoms with van der Waals surface area (Å²) in [5.41, 5.74) is 0.614. The largest absolute Gasteiger partial charge is 0.479 e. The highest BCUT2D eigenvalue weighted by atomic mass is 32.2. The van der Waals surface area contributed by atoms with E-state index in [9.17, 15) is 13.2 Å². The SMILES string of the molecule is O=CC1CNc2cc(S(=O)(=O)N3CCCC3)ccc2O1. The summed E-state index contributed by atoms with van der Waals surface area (Å²) >= 11 is 0. The molecule has 2 heterocycles. The van der Waals surface area contributed by atoms with Gasteiger partial charge < -0.3 is 10.1 Å². The lowest BCUT2D eigenvalue weighted by Crippen LogP contribution is -2.32. The van der Waals surface area contributed by atoms with Gasteiger partial charge in [0.15, 0.2) is 12.4 Å². The molecular formula is C13H16N2O4S. The van der Waals surface area contributed by atoms with Crippen molar-refractivity contribution in [2.45, 2.75) is 23.8 Å². The van der Waals surface area contributed by atoms with Crippen LogP contribution in [0.25, 0.3) is 0 Å². The summed E-state index contributed by atoms with van der Waals surface area (Å²) in [5.74, 6) is 0.508. The normalized spacial score (nSPS) is 22.7. The molecular weight excluding hydrogens is 280 g/mol. The number of rotatable bonds is 3. The second-order valence-electron chi connectivity index (χ2n) is 4.94. The molecule has 1 atom stereocenters.